The highest BCUT2D eigenvalue weighted by atomic mass is 35.5. The predicted molar refractivity (Wildman–Crippen MR) is 109 cm³/mol. The lowest BCUT2D eigenvalue weighted by atomic mass is 10.1. The zero-order valence-corrected chi connectivity index (χ0v) is 16.4. The van der Waals surface area contributed by atoms with E-state index in [1.165, 1.54) is 10.7 Å². The van der Waals surface area contributed by atoms with Gasteiger partial charge in [-0.3, -0.25) is 15.0 Å². The van der Waals surface area contributed by atoms with Gasteiger partial charge in [-0.2, -0.15) is 5.10 Å². The number of amides is 1. The number of nitrogens with one attached hydrogen (secondary N) is 1. The summed E-state index contributed by atoms with van der Waals surface area (Å²) in [7, 11) is 0. The third-order valence-corrected chi connectivity index (χ3v) is 5.09. The highest BCUT2D eigenvalue weighted by Gasteiger charge is 2.18. The molecule has 0 aliphatic carbocycles. The standard InChI is InChI=1S/C18H14Cl2N4O2S/c1-27-12-5-3-11(4-6-12)24-15(13-7-2-10(19)8-14(13)20)9-16(25)17(23-24)18(26)22-21/h2-9H,21H2,1H3,(H,22,26). The lowest BCUT2D eigenvalue weighted by molar-refractivity contribution is 0.0946. The Hall–Kier alpha value is -2.32. The van der Waals surface area contributed by atoms with Gasteiger partial charge in [0.2, 0.25) is 5.43 Å². The van der Waals surface area contributed by atoms with Crippen molar-refractivity contribution in [2.24, 2.45) is 5.84 Å². The van der Waals surface area contributed by atoms with Crippen LogP contribution in [0, 0.1) is 0 Å². The summed E-state index contributed by atoms with van der Waals surface area (Å²) >= 11 is 13.9. The minimum absolute atomic E-state index is 0.319. The van der Waals surface area contributed by atoms with Crippen LogP contribution in [-0.4, -0.2) is 21.9 Å². The fourth-order valence-corrected chi connectivity index (χ4v) is 3.41. The first-order valence-corrected chi connectivity index (χ1v) is 9.68. The van der Waals surface area contributed by atoms with Crippen LogP contribution in [-0.2, 0) is 0 Å². The van der Waals surface area contributed by atoms with Crippen LogP contribution in [0.4, 0.5) is 0 Å². The van der Waals surface area contributed by atoms with Crippen molar-refractivity contribution >= 4 is 40.9 Å². The quantitative estimate of drug-likeness (QED) is 0.291. The monoisotopic (exact) mass is 420 g/mol. The Kier molecular flexibility index (Phi) is 5.86. The number of thioether (sulfide) groups is 1. The molecule has 0 aliphatic heterocycles. The molecule has 0 unspecified atom stereocenters. The van der Waals surface area contributed by atoms with E-state index < -0.39 is 11.3 Å². The second-order valence-electron chi connectivity index (χ2n) is 5.45. The van der Waals surface area contributed by atoms with Crippen LogP contribution in [0.25, 0.3) is 16.9 Å². The number of nitrogens with zero attached hydrogens (tertiary/aromatic N) is 2. The molecule has 0 atom stereocenters. The lowest BCUT2D eigenvalue weighted by Gasteiger charge is -2.15. The molecule has 9 heteroatoms. The first-order valence-electron chi connectivity index (χ1n) is 7.69. The average Bonchev–Trinajstić information content (AvgIpc) is 2.67. The highest BCUT2D eigenvalue weighted by molar-refractivity contribution is 7.98. The number of hydrazine groups is 1. The smallest absolute Gasteiger partial charge is 0.289 e. The summed E-state index contributed by atoms with van der Waals surface area (Å²) in [6, 6.07) is 13.7. The van der Waals surface area contributed by atoms with Crippen molar-refractivity contribution in [3.63, 3.8) is 0 Å². The molecule has 6 nitrogen and oxygen atoms in total. The summed E-state index contributed by atoms with van der Waals surface area (Å²) in [5.41, 5.74) is 2.67. The van der Waals surface area contributed by atoms with Gasteiger partial charge in [0.1, 0.15) is 0 Å². The molecule has 0 spiro atoms. The maximum Gasteiger partial charge on any atom is 0.289 e. The normalized spacial score (nSPS) is 10.7. The number of nitrogens with two attached hydrogens (primary N) is 1. The SMILES string of the molecule is CSc1ccc(-n2nc(C(=O)NN)c(=O)cc2-c2ccc(Cl)cc2Cl)cc1. The Labute approximate surface area is 169 Å². The summed E-state index contributed by atoms with van der Waals surface area (Å²) in [6.07, 6.45) is 1.97. The number of rotatable bonds is 4. The van der Waals surface area contributed by atoms with Crippen LogP contribution in [0.15, 0.2) is 58.2 Å². The molecule has 2 aromatic carbocycles. The van der Waals surface area contributed by atoms with Crippen LogP contribution >= 0.6 is 35.0 Å². The molecule has 0 saturated heterocycles. The molecule has 1 aromatic heterocycles. The number of nitrogen functional groups attached to an aromatic ring is 1. The lowest BCUT2D eigenvalue weighted by Crippen LogP contribution is -2.36. The van der Waals surface area contributed by atoms with Crippen molar-refractivity contribution in [1.82, 2.24) is 15.2 Å². The molecule has 0 bridgehead atoms. The Balaban J connectivity index is 2.29. The van der Waals surface area contributed by atoms with E-state index in [2.05, 4.69) is 5.10 Å². The maximum absolute atomic E-state index is 12.4. The van der Waals surface area contributed by atoms with Crippen molar-refractivity contribution in [3.05, 3.63) is 74.5 Å². The molecule has 0 fully saturated rings. The summed E-state index contributed by atoms with van der Waals surface area (Å²) in [4.78, 5) is 25.4. The van der Waals surface area contributed by atoms with Gasteiger partial charge in [0.05, 0.1) is 16.4 Å². The largest absolute Gasteiger partial charge is 0.289 e. The van der Waals surface area contributed by atoms with E-state index in [9.17, 15) is 9.59 Å². The van der Waals surface area contributed by atoms with Gasteiger partial charge < -0.3 is 0 Å². The molecule has 0 radical (unpaired) electrons. The zero-order valence-electron chi connectivity index (χ0n) is 14.1. The number of carbonyl (C=O) groups is 1. The maximum atomic E-state index is 12.4. The molecule has 3 rings (SSSR count). The second kappa shape index (κ2) is 8.14. The third kappa shape index (κ3) is 4.01. The van der Waals surface area contributed by atoms with Crippen LogP contribution in [0.5, 0.6) is 0 Å². The number of aromatic nitrogens is 2. The summed E-state index contributed by atoms with van der Waals surface area (Å²) < 4.78 is 1.48. The molecule has 1 amide bonds. The first kappa shape index (κ1) is 19.4. The van der Waals surface area contributed by atoms with Gasteiger partial charge in [-0.15, -0.1) is 11.8 Å². The third-order valence-electron chi connectivity index (χ3n) is 3.80. The fraction of sp³-hybridized carbons (Fsp3) is 0.0556. The Morgan fingerprint density at radius 3 is 2.44 bits per heavy atom. The molecule has 0 saturated carbocycles. The Bertz CT molecular complexity index is 1070. The fourth-order valence-electron chi connectivity index (χ4n) is 2.49. The van der Waals surface area contributed by atoms with Gasteiger partial charge >= 0.3 is 0 Å². The van der Waals surface area contributed by atoms with Gasteiger partial charge in [-0.1, -0.05) is 23.2 Å². The number of carbonyl (C=O) groups excluding carboxylic acids is 1. The molecule has 138 valence electrons. The van der Waals surface area contributed by atoms with Crippen molar-refractivity contribution < 1.29 is 4.79 Å². The number of hydrogen-bond acceptors (Lipinski definition) is 5. The number of halogens is 2. The van der Waals surface area contributed by atoms with Crippen LogP contribution in [0.1, 0.15) is 10.5 Å². The number of benzene rings is 2. The highest BCUT2D eigenvalue weighted by Crippen LogP contribution is 2.31. The predicted octanol–water partition coefficient (Wildman–Crippen LogP) is 3.53. The van der Waals surface area contributed by atoms with E-state index in [1.807, 2.05) is 35.9 Å². The van der Waals surface area contributed by atoms with Crippen molar-refractivity contribution in [3.8, 4) is 16.9 Å². The van der Waals surface area contributed by atoms with Crippen molar-refractivity contribution in [1.29, 1.82) is 0 Å². The molecule has 3 aromatic rings. The minimum Gasteiger partial charge on any atom is -0.289 e. The Morgan fingerprint density at radius 1 is 1.15 bits per heavy atom. The summed E-state index contributed by atoms with van der Waals surface area (Å²) in [5, 5.41) is 5.04. The molecule has 27 heavy (non-hydrogen) atoms. The summed E-state index contributed by atoms with van der Waals surface area (Å²) in [5.74, 6) is 4.39. The van der Waals surface area contributed by atoms with Crippen LogP contribution in [0.2, 0.25) is 10.0 Å². The van der Waals surface area contributed by atoms with E-state index in [0.29, 0.717) is 27.0 Å². The van der Waals surface area contributed by atoms with Gasteiger partial charge in [0.25, 0.3) is 5.91 Å². The molecule has 1 heterocycles. The van der Waals surface area contributed by atoms with Gasteiger partial charge in [-0.25, -0.2) is 10.5 Å². The topological polar surface area (TPSA) is 90.0 Å². The minimum atomic E-state index is -0.775. The van der Waals surface area contributed by atoms with Gasteiger partial charge in [0, 0.05) is 21.5 Å². The molecule has 3 N–H and O–H groups in total. The molecule has 0 aliphatic rings. The molecular weight excluding hydrogens is 407 g/mol. The zero-order chi connectivity index (χ0) is 19.6. The average molecular weight is 421 g/mol. The molecular formula is C18H14Cl2N4O2S. The Morgan fingerprint density at radius 2 is 1.85 bits per heavy atom. The number of hydrogen-bond donors (Lipinski definition) is 2. The van der Waals surface area contributed by atoms with E-state index in [0.717, 1.165) is 4.90 Å². The summed E-state index contributed by atoms with van der Waals surface area (Å²) in [6.45, 7) is 0. The van der Waals surface area contributed by atoms with Gasteiger partial charge in [0.15, 0.2) is 5.69 Å². The van der Waals surface area contributed by atoms with Crippen molar-refractivity contribution in [2.45, 2.75) is 4.90 Å². The van der Waals surface area contributed by atoms with Crippen LogP contribution in [0.3, 0.4) is 0 Å². The first-order chi connectivity index (χ1) is 12.9. The van der Waals surface area contributed by atoms with Crippen LogP contribution < -0.4 is 16.7 Å². The van der Waals surface area contributed by atoms with E-state index in [1.54, 1.807) is 30.0 Å². The van der Waals surface area contributed by atoms with E-state index >= 15 is 0 Å². The van der Waals surface area contributed by atoms with Gasteiger partial charge in [-0.05, 0) is 48.7 Å². The van der Waals surface area contributed by atoms with E-state index in [4.69, 9.17) is 29.0 Å². The van der Waals surface area contributed by atoms with Crippen molar-refractivity contribution in [2.75, 3.05) is 6.26 Å². The van der Waals surface area contributed by atoms with E-state index in [-0.39, 0.29) is 5.69 Å². The second-order valence-corrected chi connectivity index (χ2v) is 7.17.